The lowest BCUT2D eigenvalue weighted by molar-refractivity contribution is -0.117. The number of thioether (sulfide) groups is 2. The van der Waals surface area contributed by atoms with E-state index in [0.717, 1.165) is 9.80 Å². The number of hydrogen-bond acceptors (Lipinski definition) is 6. The Bertz CT molecular complexity index is 652. The fraction of sp³-hybridized carbons (Fsp3) is 0.231. The van der Waals surface area contributed by atoms with Crippen LogP contribution in [-0.4, -0.2) is 19.0 Å². The minimum Gasteiger partial charge on any atom is -0.454 e. The van der Waals surface area contributed by atoms with Gasteiger partial charge < -0.3 is 14.8 Å². The van der Waals surface area contributed by atoms with Crippen LogP contribution < -0.4 is 14.8 Å². The summed E-state index contributed by atoms with van der Waals surface area (Å²) in [6.45, 7) is 0.220. The molecule has 3 rings (SSSR count). The number of hydrogen-bond donors (Lipinski definition) is 1. The lowest BCUT2D eigenvalue weighted by Crippen LogP contribution is -2.31. The average molecular weight is 306 g/mol. The van der Waals surface area contributed by atoms with Crippen LogP contribution in [0.3, 0.4) is 0 Å². The Morgan fingerprint density at radius 3 is 3.00 bits per heavy atom. The van der Waals surface area contributed by atoms with E-state index >= 15 is 0 Å². The lowest BCUT2D eigenvalue weighted by atomic mass is 10.2. The number of rotatable bonds is 2. The maximum atomic E-state index is 11.9. The van der Waals surface area contributed by atoms with Crippen molar-refractivity contribution < 1.29 is 14.3 Å². The molecule has 1 unspecified atom stereocenters. The Hall–Kier alpha value is -1.78. The standard InChI is InChI=1S/C13H10N2O3S2/c1-19-13-8(5-14)11(16)15-12(20-13)7-2-3-9-10(4-7)18-6-17-9/h2-4,12H,6H2,1H3,(H,15,16). The quantitative estimate of drug-likeness (QED) is 0.904. The third-order valence-corrected chi connectivity index (χ3v) is 5.32. The Kier molecular flexibility index (Phi) is 3.51. The number of amides is 1. The second-order valence-electron chi connectivity index (χ2n) is 4.06. The van der Waals surface area contributed by atoms with Gasteiger partial charge in [0, 0.05) is 0 Å². The first-order valence-electron chi connectivity index (χ1n) is 5.78. The first-order valence-corrected chi connectivity index (χ1v) is 7.89. The zero-order valence-corrected chi connectivity index (χ0v) is 12.1. The normalized spacial score (nSPS) is 20.6. The van der Waals surface area contributed by atoms with Crippen LogP contribution in [0.25, 0.3) is 0 Å². The number of nitrogens with one attached hydrogen (secondary N) is 1. The summed E-state index contributed by atoms with van der Waals surface area (Å²) in [7, 11) is 0. The van der Waals surface area contributed by atoms with Crippen LogP contribution in [0.1, 0.15) is 10.9 Å². The minimum atomic E-state index is -0.335. The molecule has 2 aliphatic rings. The van der Waals surface area contributed by atoms with E-state index in [0.29, 0.717) is 11.5 Å². The number of fused-ring (bicyclic) bond motifs is 1. The first kappa shape index (κ1) is 13.2. The number of ether oxygens (including phenoxy) is 2. The summed E-state index contributed by atoms with van der Waals surface area (Å²) < 4.78 is 11.3. The van der Waals surface area contributed by atoms with E-state index < -0.39 is 0 Å². The molecular formula is C13H10N2O3S2. The van der Waals surface area contributed by atoms with Crippen molar-refractivity contribution in [1.82, 2.24) is 5.32 Å². The van der Waals surface area contributed by atoms with Gasteiger partial charge in [0.05, 0.1) is 4.24 Å². The number of nitriles is 1. The zero-order valence-electron chi connectivity index (χ0n) is 10.5. The molecule has 0 fully saturated rings. The first-order chi connectivity index (χ1) is 9.72. The number of carbonyl (C=O) groups excluding carboxylic acids is 1. The molecular weight excluding hydrogens is 296 g/mol. The molecule has 2 aliphatic heterocycles. The molecule has 1 N–H and O–H groups in total. The topological polar surface area (TPSA) is 71.4 Å². The summed E-state index contributed by atoms with van der Waals surface area (Å²) >= 11 is 2.87. The van der Waals surface area contributed by atoms with Crippen molar-refractivity contribution in [1.29, 1.82) is 5.26 Å². The van der Waals surface area contributed by atoms with Gasteiger partial charge in [-0.15, -0.1) is 11.8 Å². The Morgan fingerprint density at radius 2 is 2.25 bits per heavy atom. The van der Waals surface area contributed by atoms with Gasteiger partial charge in [-0.05, 0) is 24.0 Å². The summed E-state index contributed by atoms with van der Waals surface area (Å²) in [6, 6.07) is 7.52. The molecule has 0 aliphatic carbocycles. The van der Waals surface area contributed by atoms with Gasteiger partial charge in [0.2, 0.25) is 6.79 Å². The van der Waals surface area contributed by atoms with Crippen LogP contribution in [0.4, 0.5) is 0 Å². The highest BCUT2D eigenvalue weighted by molar-refractivity contribution is 8.22. The van der Waals surface area contributed by atoms with E-state index in [-0.39, 0.29) is 23.6 Å². The Morgan fingerprint density at radius 1 is 1.45 bits per heavy atom. The van der Waals surface area contributed by atoms with E-state index in [1.165, 1.54) is 23.5 Å². The van der Waals surface area contributed by atoms with Crippen LogP contribution >= 0.6 is 23.5 Å². The number of carbonyl (C=O) groups is 1. The monoisotopic (exact) mass is 306 g/mol. The Labute approximate surface area is 124 Å². The molecule has 0 aromatic heterocycles. The molecule has 0 spiro atoms. The summed E-state index contributed by atoms with van der Waals surface area (Å²) in [5, 5.41) is 11.6. The maximum absolute atomic E-state index is 11.9. The molecule has 102 valence electrons. The van der Waals surface area contributed by atoms with Crippen molar-refractivity contribution >= 4 is 29.4 Å². The number of nitrogens with zero attached hydrogens (tertiary/aromatic N) is 1. The van der Waals surface area contributed by atoms with Gasteiger partial charge in [0.15, 0.2) is 11.5 Å². The Balaban J connectivity index is 1.92. The van der Waals surface area contributed by atoms with Gasteiger partial charge in [0.25, 0.3) is 5.91 Å². The van der Waals surface area contributed by atoms with Crippen molar-refractivity contribution in [3.63, 3.8) is 0 Å². The van der Waals surface area contributed by atoms with E-state index in [1.807, 2.05) is 30.5 Å². The van der Waals surface area contributed by atoms with Crippen LogP contribution in [-0.2, 0) is 4.79 Å². The molecule has 0 bridgehead atoms. The lowest BCUT2D eigenvalue weighted by Gasteiger charge is -2.24. The highest BCUT2D eigenvalue weighted by atomic mass is 32.2. The molecule has 2 heterocycles. The van der Waals surface area contributed by atoms with E-state index in [1.54, 1.807) is 0 Å². The van der Waals surface area contributed by atoms with Crippen LogP contribution in [0.2, 0.25) is 0 Å². The van der Waals surface area contributed by atoms with Crippen LogP contribution in [0, 0.1) is 11.3 Å². The fourth-order valence-corrected chi connectivity index (χ4v) is 3.89. The van der Waals surface area contributed by atoms with E-state index in [2.05, 4.69) is 5.32 Å². The minimum absolute atomic E-state index is 0.180. The zero-order chi connectivity index (χ0) is 14.1. The summed E-state index contributed by atoms with van der Waals surface area (Å²) in [5.74, 6) is 1.05. The molecule has 1 aromatic carbocycles. The molecule has 20 heavy (non-hydrogen) atoms. The summed E-state index contributed by atoms with van der Waals surface area (Å²) in [4.78, 5) is 11.9. The third kappa shape index (κ3) is 2.21. The van der Waals surface area contributed by atoms with E-state index in [9.17, 15) is 4.79 Å². The predicted molar refractivity (Wildman–Crippen MR) is 77.2 cm³/mol. The van der Waals surface area contributed by atoms with Crippen molar-refractivity contribution in [2.75, 3.05) is 13.0 Å². The molecule has 7 heteroatoms. The van der Waals surface area contributed by atoms with Crippen LogP contribution in [0.5, 0.6) is 11.5 Å². The van der Waals surface area contributed by atoms with E-state index in [4.69, 9.17) is 14.7 Å². The molecule has 0 saturated carbocycles. The highest BCUT2D eigenvalue weighted by Crippen LogP contribution is 2.44. The number of benzene rings is 1. The smallest absolute Gasteiger partial charge is 0.264 e. The van der Waals surface area contributed by atoms with Gasteiger partial charge in [-0.25, -0.2) is 0 Å². The second-order valence-corrected chi connectivity index (χ2v) is 6.25. The molecule has 1 atom stereocenters. The highest BCUT2D eigenvalue weighted by Gasteiger charge is 2.29. The van der Waals surface area contributed by atoms with Crippen molar-refractivity contribution in [3.8, 4) is 17.6 Å². The largest absolute Gasteiger partial charge is 0.454 e. The average Bonchev–Trinajstić information content (AvgIpc) is 2.93. The van der Waals surface area contributed by atoms with Gasteiger partial charge >= 0.3 is 0 Å². The van der Waals surface area contributed by atoms with Gasteiger partial charge in [-0.3, -0.25) is 4.79 Å². The molecule has 1 aromatic rings. The molecule has 1 amide bonds. The van der Waals surface area contributed by atoms with Crippen molar-refractivity contribution in [2.24, 2.45) is 0 Å². The predicted octanol–water partition coefficient (Wildman–Crippen LogP) is 2.38. The van der Waals surface area contributed by atoms with Gasteiger partial charge in [0.1, 0.15) is 17.0 Å². The summed E-state index contributed by atoms with van der Waals surface area (Å²) in [6.07, 6.45) is 1.86. The summed E-state index contributed by atoms with van der Waals surface area (Å²) in [5.41, 5.74) is 1.09. The second kappa shape index (κ2) is 5.31. The fourth-order valence-electron chi connectivity index (χ4n) is 1.95. The third-order valence-electron chi connectivity index (χ3n) is 2.91. The van der Waals surface area contributed by atoms with Crippen molar-refractivity contribution in [3.05, 3.63) is 33.6 Å². The van der Waals surface area contributed by atoms with Gasteiger partial charge in [-0.2, -0.15) is 5.26 Å². The molecule has 0 radical (unpaired) electrons. The van der Waals surface area contributed by atoms with Crippen LogP contribution in [0.15, 0.2) is 28.0 Å². The molecule has 5 nitrogen and oxygen atoms in total. The SMILES string of the molecule is CSC1=C(C#N)C(=O)NC(c2ccc3c(c2)OCO3)S1. The molecule has 0 saturated heterocycles. The van der Waals surface area contributed by atoms with Crippen molar-refractivity contribution in [2.45, 2.75) is 5.37 Å². The van der Waals surface area contributed by atoms with Gasteiger partial charge in [-0.1, -0.05) is 17.8 Å². The maximum Gasteiger partial charge on any atom is 0.264 e.